The summed E-state index contributed by atoms with van der Waals surface area (Å²) in [6.07, 6.45) is 2.02. The van der Waals surface area contributed by atoms with E-state index in [-0.39, 0.29) is 12.5 Å². The Morgan fingerprint density at radius 1 is 1.15 bits per heavy atom. The molecule has 3 aromatic rings. The molecule has 1 amide bonds. The quantitative estimate of drug-likeness (QED) is 0.352. The lowest BCUT2D eigenvalue weighted by atomic mass is 9.98. The van der Waals surface area contributed by atoms with Gasteiger partial charge in [-0.15, -0.1) is 11.3 Å². The Labute approximate surface area is 237 Å². The van der Waals surface area contributed by atoms with Crippen molar-refractivity contribution in [1.29, 1.82) is 0 Å². The molecule has 2 aliphatic heterocycles. The number of hydrogen-bond acceptors (Lipinski definition) is 10. The first kappa shape index (κ1) is 28.2. The minimum absolute atomic E-state index is 0.0972. The highest BCUT2D eigenvalue weighted by Crippen LogP contribution is 2.41. The van der Waals surface area contributed by atoms with E-state index in [1.54, 1.807) is 36.6 Å². The Balaban J connectivity index is 1.41. The van der Waals surface area contributed by atoms with Crippen molar-refractivity contribution in [2.75, 3.05) is 71.6 Å². The van der Waals surface area contributed by atoms with Crippen LogP contribution in [0.2, 0.25) is 0 Å². The molecule has 2 aliphatic rings. The first-order chi connectivity index (χ1) is 18.9. The number of fused-ring (bicyclic) bond motifs is 1. The van der Waals surface area contributed by atoms with Gasteiger partial charge in [-0.1, -0.05) is 17.4 Å². The molecule has 2 fully saturated rings. The number of hydrogen-bond donors (Lipinski definition) is 0. The van der Waals surface area contributed by atoms with Crippen LogP contribution in [0.3, 0.4) is 0 Å². The lowest BCUT2D eigenvalue weighted by molar-refractivity contribution is -0.123. The molecule has 0 N–H and O–H groups in total. The van der Waals surface area contributed by atoms with E-state index in [0.717, 1.165) is 44.0 Å². The van der Waals surface area contributed by atoms with Crippen molar-refractivity contribution < 1.29 is 27.4 Å². The van der Waals surface area contributed by atoms with Crippen LogP contribution in [-0.4, -0.2) is 95.2 Å². The van der Waals surface area contributed by atoms with Gasteiger partial charge in [-0.3, -0.25) is 14.6 Å². The van der Waals surface area contributed by atoms with E-state index in [9.17, 15) is 13.2 Å². The highest BCUT2D eigenvalue weighted by atomic mass is 32.2. The number of rotatable bonds is 10. The second kappa shape index (κ2) is 12.5. The molecule has 2 saturated heterocycles. The average molecular weight is 595 g/mol. The molecule has 5 rings (SSSR count). The molecule has 0 radical (unpaired) electrons. The van der Waals surface area contributed by atoms with Crippen molar-refractivity contribution in [1.82, 2.24) is 14.2 Å². The van der Waals surface area contributed by atoms with Crippen molar-refractivity contribution >= 4 is 54.0 Å². The fourth-order valence-corrected chi connectivity index (χ4v) is 8.86. The second-order valence-electron chi connectivity index (χ2n) is 9.58. The van der Waals surface area contributed by atoms with Crippen molar-refractivity contribution in [3.63, 3.8) is 0 Å². The van der Waals surface area contributed by atoms with E-state index in [0.29, 0.717) is 52.3 Å². The zero-order valence-electron chi connectivity index (χ0n) is 22.2. The van der Waals surface area contributed by atoms with Crippen molar-refractivity contribution in [2.45, 2.75) is 23.5 Å². The number of carbonyl (C=O) groups excluding carboxylic acids is 1. The summed E-state index contributed by atoms with van der Waals surface area (Å²) in [5.74, 6) is 0.730. The molecule has 1 atom stereocenters. The Morgan fingerprint density at radius 2 is 1.92 bits per heavy atom. The van der Waals surface area contributed by atoms with Gasteiger partial charge in [0.15, 0.2) is 5.13 Å². The lowest BCUT2D eigenvalue weighted by Crippen LogP contribution is -2.47. The number of thiazole rings is 1. The number of thiophene rings is 1. The minimum atomic E-state index is -3.63. The van der Waals surface area contributed by atoms with Crippen molar-refractivity contribution in [2.24, 2.45) is 5.92 Å². The maximum Gasteiger partial charge on any atom is 0.252 e. The van der Waals surface area contributed by atoms with Crippen LogP contribution in [0.1, 0.15) is 19.3 Å². The third-order valence-corrected chi connectivity index (χ3v) is 11.5. The minimum Gasteiger partial charge on any atom is -0.495 e. The second-order valence-corrected chi connectivity index (χ2v) is 13.7. The molecule has 212 valence electrons. The molecule has 0 spiro atoms. The largest absolute Gasteiger partial charge is 0.495 e. The highest BCUT2D eigenvalue weighted by Gasteiger charge is 2.36. The fraction of sp³-hybridized carbons (Fsp3) is 0.538. The zero-order chi connectivity index (χ0) is 27.4. The van der Waals surface area contributed by atoms with Gasteiger partial charge in [-0.25, -0.2) is 13.4 Å². The molecule has 0 saturated carbocycles. The zero-order valence-corrected chi connectivity index (χ0v) is 24.7. The number of methoxy groups -OCH3 is 2. The van der Waals surface area contributed by atoms with Gasteiger partial charge in [0, 0.05) is 39.3 Å². The molecule has 1 unspecified atom stereocenters. The number of nitrogens with zero attached hydrogens (tertiary/aromatic N) is 4. The van der Waals surface area contributed by atoms with Crippen LogP contribution in [0.4, 0.5) is 5.13 Å². The molecule has 39 heavy (non-hydrogen) atoms. The first-order valence-corrected chi connectivity index (χ1v) is 16.2. The van der Waals surface area contributed by atoms with Gasteiger partial charge in [-0.2, -0.15) is 4.31 Å². The number of piperidine rings is 1. The molecule has 13 heteroatoms. The maximum atomic E-state index is 14.1. The number of anilines is 1. The normalized spacial score (nSPS) is 19.3. The summed E-state index contributed by atoms with van der Waals surface area (Å²) in [6.45, 7) is 5.09. The maximum absolute atomic E-state index is 14.1. The molecule has 4 heterocycles. The number of aromatic nitrogens is 1. The summed E-state index contributed by atoms with van der Waals surface area (Å²) in [5.41, 5.74) is 0.647. The highest BCUT2D eigenvalue weighted by molar-refractivity contribution is 7.91. The lowest BCUT2D eigenvalue weighted by Gasteiger charge is -2.34. The third kappa shape index (κ3) is 6.08. The fourth-order valence-electron chi connectivity index (χ4n) is 5.09. The van der Waals surface area contributed by atoms with E-state index < -0.39 is 15.9 Å². The summed E-state index contributed by atoms with van der Waals surface area (Å²) < 4.78 is 45.6. The van der Waals surface area contributed by atoms with Gasteiger partial charge in [0.05, 0.1) is 33.4 Å². The molecular formula is C26H34N4O6S3. The first-order valence-electron chi connectivity index (χ1n) is 13.1. The topological polar surface area (TPSA) is 102 Å². The summed E-state index contributed by atoms with van der Waals surface area (Å²) in [6, 6.07) is 6.99. The van der Waals surface area contributed by atoms with Crippen LogP contribution in [0.5, 0.6) is 11.5 Å². The average Bonchev–Trinajstić information content (AvgIpc) is 3.67. The Kier molecular flexibility index (Phi) is 9.04. The summed E-state index contributed by atoms with van der Waals surface area (Å²) >= 11 is 2.59. The standard InChI is InChI=1S/C26H34N4O6S3/c1-34-20-8-9-21(35-2)24-23(20)27-26(38-24)30(12-5-10-28-13-15-36-16-14-28)25(31)19-6-3-11-29(18-19)39(32,33)22-7-4-17-37-22/h4,7-9,17,19H,3,5-6,10-16,18H2,1-2H3. The monoisotopic (exact) mass is 594 g/mol. The number of ether oxygens (including phenoxy) is 3. The predicted molar refractivity (Wildman–Crippen MR) is 153 cm³/mol. The van der Waals surface area contributed by atoms with Gasteiger partial charge < -0.3 is 14.2 Å². The summed E-state index contributed by atoms with van der Waals surface area (Å²) in [7, 11) is -0.428. The molecular weight excluding hydrogens is 561 g/mol. The number of amides is 1. The Bertz CT molecular complexity index is 1330. The Morgan fingerprint density at radius 3 is 2.64 bits per heavy atom. The molecule has 0 bridgehead atoms. The molecule has 10 nitrogen and oxygen atoms in total. The van der Waals surface area contributed by atoms with Crippen LogP contribution in [0.15, 0.2) is 33.9 Å². The summed E-state index contributed by atoms with van der Waals surface area (Å²) in [5, 5.41) is 2.32. The van der Waals surface area contributed by atoms with Gasteiger partial charge in [0.25, 0.3) is 10.0 Å². The van der Waals surface area contributed by atoms with E-state index >= 15 is 0 Å². The van der Waals surface area contributed by atoms with Crippen molar-refractivity contribution in [3.8, 4) is 11.5 Å². The van der Waals surface area contributed by atoms with E-state index in [2.05, 4.69) is 4.90 Å². The van der Waals surface area contributed by atoms with Gasteiger partial charge >= 0.3 is 0 Å². The number of benzene rings is 1. The van der Waals surface area contributed by atoms with Crippen molar-refractivity contribution in [3.05, 3.63) is 29.6 Å². The Hall–Kier alpha value is -2.29. The van der Waals surface area contributed by atoms with Gasteiger partial charge in [0.2, 0.25) is 5.91 Å². The third-order valence-electron chi connectivity index (χ3n) is 7.18. The van der Waals surface area contributed by atoms with E-state index in [1.807, 2.05) is 12.1 Å². The van der Waals surface area contributed by atoms with Crippen LogP contribution >= 0.6 is 22.7 Å². The van der Waals surface area contributed by atoms with E-state index in [4.69, 9.17) is 19.2 Å². The molecule has 2 aromatic heterocycles. The number of sulfonamides is 1. The predicted octanol–water partition coefficient (Wildman–Crippen LogP) is 3.53. The molecule has 1 aromatic carbocycles. The summed E-state index contributed by atoms with van der Waals surface area (Å²) in [4.78, 5) is 23.0. The van der Waals surface area contributed by atoms with Crippen LogP contribution in [0, 0.1) is 5.92 Å². The van der Waals surface area contributed by atoms with Gasteiger partial charge in [-0.05, 0) is 42.8 Å². The van der Waals surface area contributed by atoms with Gasteiger partial charge in [0.1, 0.15) is 25.9 Å². The van der Waals surface area contributed by atoms with E-state index in [1.165, 1.54) is 27.0 Å². The number of carbonyl (C=O) groups is 1. The SMILES string of the molecule is COc1ccc(OC)c2sc(N(CCCN3CCOCC3)C(=O)C3CCCN(S(=O)(=O)c4cccs4)C3)nc12. The smallest absolute Gasteiger partial charge is 0.252 e. The number of morpholine rings is 1. The van der Waals surface area contributed by atoms with Crippen LogP contribution in [-0.2, 0) is 19.6 Å². The van der Waals surface area contributed by atoms with Crippen LogP contribution < -0.4 is 14.4 Å². The van der Waals surface area contributed by atoms with Crippen LogP contribution in [0.25, 0.3) is 10.2 Å². The molecule has 0 aliphatic carbocycles.